The highest BCUT2D eigenvalue weighted by Gasteiger charge is 2.23. The monoisotopic (exact) mass is 369 g/mol. The zero-order chi connectivity index (χ0) is 19.4. The number of carbonyl (C=O) groups excluding carboxylic acids is 2. The molecule has 0 aromatic heterocycles. The highest BCUT2D eigenvalue weighted by molar-refractivity contribution is 6.05. The van der Waals surface area contributed by atoms with E-state index in [1.165, 1.54) is 18.2 Å². The van der Waals surface area contributed by atoms with Crippen molar-refractivity contribution in [2.45, 2.75) is 25.8 Å². The third-order valence-corrected chi connectivity index (χ3v) is 5.04. The van der Waals surface area contributed by atoms with Gasteiger partial charge in [-0.05, 0) is 56.6 Å². The van der Waals surface area contributed by atoms with Crippen LogP contribution in [0.1, 0.15) is 39.1 Å². The summed E-state index contributed by atoms with van der Waals surface area (Å²) in [6, 6.07) is 11.5. The summed E-state index contributed by atoms with van der Waals surface area (Å²) in [6.07, 6.45) is 1.84. The number of benzene rings is 2. The molecule has 0 atom stereocenters. The van der Waals surface area contributed by atoms with Crippen LogP contribution in [0.5, 0.6) is 0 Å². The van der Waals surface area contributed by atoms with Gasteiger partial charge in [0, 0.05) is 30.4 Å². The molecule has 1 saturated heterocycles. The molecule has 142 valence electrons. The molecule has 3 rings (SSSR count). The average Bonchev–Trinajstić information content (AvgIpc) is 2.69. The number of nitrogens with one attached hydrogen (secondary N) is 2. The van der Waals surface area contributed by atoms with Crippen LogP contribution in [0.4, 0.5) is 10.1 Å². The number of halogens is 1. The highest BCUT2D eigenvalue weighted by atomic mass is 19.1. The number of rotatable bonds is 4. The van der Waals surface area contributed by atoms with Crippen LogP contribution in [0, 0.1) is 12.7 Å². The van der Waals surface area contributed by atoms with Crippen LogP contribution in [0.2, 0.25) is 0 Å². The maximum atomic E-state index is 13.8. The standard InChI is InChI=1S/C21H24FN3O2/c1-14-7-8-15(21(27)25-11-9-16(23-2)10-12-25)13-19(14)24-20(26)17-5-3-4-6-18(17)22/h3-8,13,16,23H,9-12H2,1-2H3,(H,24,26). The van der Waals surface area contributed by atoms with Crippen LogP contribution >= 0.6 is 0 Å². The summed E-state index contributed by atoms with van der Waals surface area (Å²) in [5.74, 6) is -1.16. The largest absolute Gasteiger partial charge is 0.339 e. The molecule has 2 aromatic carbocycles. The van der Waals surface area contributed by atoms with Gasteiger partial charge in [0.2, 0.25) is 0 Å². The molecule has 1 fully saturated rings. The fourth-order valence-corrected chi connectivity index (χ4v) is 3.28. The van der Waals surface area contributed by atoms with E-state index in [1.54, 1.807) is 24.3 Å². The predicted octanol–water partition coefficient (Wildman–Crippen LogP) is 3.21. The Morgan fingerprint density at radius 1 is 1.11 bits per heavy atom. The van der Waals surface area contributed by atoms with Gasteiger partial charge in [0.25, 0.3) is 11.8 Å². The second kappa shape index (κ2) is 8.31. The Morgan fingerprint density at radius 3 is 2.48 bits per heavy atom. The summed E-state index contributed by atoms with van der Waals surface area (Å²) in [5, 5.41) is 5.97. The topological polar surface area (TPSA) is 61.4 Å². The number of aryl methyl sites for hydroxylation is 1. The van der Waals surface area contributed by atoms with Crippen LogP contribution < -0.4 is 10.6 Å². The van der Waals surface area contributed by atoms with Gasteiger partial charge in [0.1, 0.15) is 5.82 Å². The van der Waals surface area contributed by atoms with Gasteiger partial charge >= 0.3 is 0 Å². The summed E-state index contributed by atoms with van der Waals surface area (Å²) in [7, 11) is 1.94. The van der Waals surface area contributed by atoms with Crippen molar-refractivity contribution in [2.24, 2.45) is 0 Å². The van der Waals surface area contributed by atoms with E-state index >= 15 is 0 Å². The maximum absolute atomic E-state index is 13.8. The highest BCUT2D eigenvalue weighted by Crippen LogP contribution is 2.21. The Morgan fingerprint density at radius 2 is 1.81 bits per heavy atom. The Bertz CT molecular complexity index is 845. The van der Waals surface area contributed by atoms with E-state index in [2.05, 4.69) is 10.6 Å². The van der Waals surface area contributed by atoms with Crippen LogP contribution in [0.3, 0.4) is 0 Å². The van der Waals surface area contributed by atoms with E-state index in [-0.39, 0.29) is 11.5 Å². The Balaban J connectivity index is 1.75. The van der Waals surface area contributed by atoms with Crippen LogP contribution in [-0.4, -0.2) is 42.9 Å². The van der Waals surface area contributed by atoms with Gasteiger partial charge in [0.15, 0.2) is 0 Å². The number of amides is 2. The van der Waals surface area contributed by atoms with Crippen molar-refractivity contribution in [2.75, 3.05) is 25.5 Å². The lowest BCUT2D eigenvalue weighted by atomic mass is 10.0. The van der Waals surface area contributed by atoms with Crippen molar-refractivity contribution in [1.82, 2.24) is 10.2 Å². The summed E-state index contributed by atoms with van der Waals surface area (Å²) in [4.78, 5) is 27.0. The fraction of sp³-hybridized carbons (Fsp3) is 0.333. The molecule has 0 radical (unpaired) electrons. The lowest BCUT2D eigenvalue weighted by molar-refractivity contribution is 0.0707. The quantitative estimate of drug-likeness (QED) is 0.870. The Labute approximate surface area is 158 Å². The molecule has 0 bridgehead atoms. The predicted molar refractivity (Wildman–Crippen MR) is 104 cm³/mol. The van der Waals surface area contributed by atoms with E-state index < -0.39 is 11.7 Å². The third kappa shape index (κ3) is 4.34. The molecule has 1 heterocycles. The van der Waals surface area contributed by atoms with E-state index in [1.807, 2.05) is 18.9 Å². The molecule has 0 spiro atoms. The van der Waals surface area contributed by atoms with Crippen LogP contribution in [-0.2, 0) is 0 Å². The first-order valence-corrected chi connectivity index (χ1v) is 9.12. The van der Waals surface area contributed by atoms with Crippen molar-refractivity contribution in [1.29, 1.82) is 0 Å². The summed E-state index contributed by atoms with van der Waals surface area (Å²) in [6.45, 7) is 3.24. The zero-order valence-electron chi connectivity index (χ0n) is 15.6. The zero-order valence-corrected chi connectivity index (χ0v) is 15.6. The lowest BCUT2D eigenvalue weighted by Gasteiger charge is -2.32. The van der Waals surface area contributed by atoms with Gasteiger partial charge in [-0.2, -0.15) is 0 Å². The molecule has 2 aromatic rings. The minimum Gasteiger partial charge on any atom is -0.339 e. The van der Waals surface area contributed by atoms with Gasteiger partial charge in [0.05, 0.1) is 5.56 Å². The normalized spacial score (nSPS) is 14.9. The summed E-state index contributed by atoms with van der Waals surface area (Å²) < 4.78 is 13.8. The molecule has 6 heteroatoms. The molecule has 0 saturated carbocycles. The van der Waals surface area contributed by atoms with Gasteiger partial charge < -0.3 is 15.5 Å². The van der Waals surface area contributed by atoms with E-state index in [4.69, 9.17) is 0 Å². The minimum atomic E-state index is -0.577. The molecule has 1 aliphatic rings. The third-order valence-electron chi connectivity index (χ3n) is 5.04. The van der Waals surface area contributed by atoms with Crippen LogP contribution in [0.15, 0.2) is 42.5 Å². The molecule has 5 nitrogen and oxygen atoms in total. The number of hydrogen-bond acceptors (Lipinski definition) is 3. The molecular weight excluding hydrogens is 345 g/mol. The second-order valence-electron chi connectivity index (χ2n) is 6.82. The van der Waals surface area contributed by atoms with E-state index in [0.29, 0.717) is 30.4 Å². The molecule has 27 heavy (non-hydrogen) atoms. The first kappa shape index (κ1) is 19.0. The maximum Gasteiger partial charge on any atom is 0.258 e. The van der Waals surface area contributed by atoms with Crippen molar-refractivity contribution < 1.29 is 14.0 Å². The van der Waals surface area contributed by atoms with Crippen molar-refractivity contribution in [3.05, 3.63) is 65.0 Å². The SMILES string of the molecule is CNC1CCN(C(=O)c2ccc(C)c(NC(=O)c3ccccc3F)c2)CC1. The van der Waals surface area contributed by atoms with Gasteiger partial charge in [-0.1, -0.05) is 18.2 Å². The van der Waals surface area contributed by atoms with Gasteiger partial charge in [-0.15, -0.1) is 0 Å². The number of carbonyl (C=O) groups is 2. The Hall–Kier alpha value is -2.73. The smallest absolute Gasteiger partial charge is 0.258 e. The van der Waals surface area contributed by atoms with Crippen molar-refractivity contribution >= 4 is 17.5 Å². The Kier molecular flexibility index (Phi) is 5.86. The summed E-state index contributed by atoms with van der Waals surface area (Å²) in [5.41, 5.74) is 1.82. The molecule has 0 unspecified atom stereocenters. The molecule has 0 aliphatic carbocycles. The van der Waals surface area contributed by atoms with E-state index in [0.717, 1.165) is 18.4 Å². The number of likely N-dealkylation sites (tertiary alicyclic amines) is 1. The van der Waals surface area contributed by atoms with Crippen molar-refractivity contribution in [3.8, 4) is 0 Å². The molecular formula is C21H24FN3O2. The average molecular weight is 369 g/mol. The first-order chi connectivity index (χ1) is 13.0. The number of nitrogens with zero attached hydrogens (tertiary/aromatic N) is 1. The number of anilines is 1. The number of piperidine rings is 1. The fourth-order valence-electron chi connectivity index (χ4n) is 3.28. The molecule has 2 N–H and O–H groups in total. The molecule has 2 amide bonds. The lowest BCUT2D eigenvalue weighted by Crippen LogP contribution is -2.43. The van der Waals surface area contributed by atoms with E-state index in [9.17, 15) is 14.0 Å². The summed E-state index contributed by atoms with van der Waals surface area (Å²) >= 11 is 0. The second-order valence-corrected chi connectivity index (χ2v) is 6.82. The number of hydrogen-bond donors (Lipinski definition) is 2. The minimum absolute atomic E-state index is 0.0252. The first-order valence-electron chi connectivity index (χ1n) is 9.12. The van der Waals surface area contributed by atoms with Crippen LogP contribution in [0.25, 0.3) is 0 Å². The van der Waals surface area contributed by atoms with Gasteiger partial charge in [-0.25, -0.2) is 4.39 Å². The van der Waals surface area contributed by atoms with Gasteiger partial charge in [-0.3, -0.25) is 9.59 Å². The van der Waals surface area contributed by atoms with Crippen molar-refractivity contribution in [3.63, 3.8) is 0 Å². The molecule has 1 aliphatic heterocycles.